The van der Waals surface area contributed by atoms with Crippen molar-refractivity contribution < 1.29 is 26.3 Å². The SMILES string of the molecule is NC(N)=NCc1ccc(C(F)(F)F)cc1C(F)(F)F. The number of nitrogens with zero attached hydrogens (tertiary/aromatic N) is 1. The van der Waals surface area contributed by atoms with Crippen LogP contribution in [0.2, 0.25) is 0 Å². The van der Waals surface area contributed by atoms with Gasteiger partial charge in [-0.25, -0.2) is 4.99 Å². The van der Waals surface area contributed by atoms with E-state index in [1.807, 2.05) is 0 Å². The molecule has 4 N–H and O–H groups in total. The van der Waals surface area contributed by atoms with Gasteiger partial charge in [-0.2, -0.15) is 26.3 Å². The zero-order valence-corrected chi connectivity index (χ0v) is 9.31. The number of halogens is 6. The fraction of sp³-hybridized carbons (Fsp3) is 0.300. The molecule has 0 aromatic heterocycles. The third kappa shape index (κ3) is 4.04. The summed E-state index contributed by atoms with van der Waals surface area (Å²) in [4.78, 5) is 3.35. The van der Waals surface area contributed by atoms with Crippen LogP contribution < -0.4 is 11.5 Å². The van der Waals surface area contributed by atoms with Crippen LogP contribution >= 0.6 is 0 Å². The van der Waals surface area contributed by atoms with Gasteiger partial charge in [0.15, 0.2) is 5.96 Å². The lowest BCUT2D eigenvalue weighted by Crippen LogP contribution is -2.23. The molecule has 9 heteroatoms. The van der Waals surface area contributed by atoms with E-state index < -0.39 is 41.5 Å². The molecule has 0 saturated carbocycles. The predicted molar refractivity (Wildman–Crippen MR) is 56.0 cm³/mol. The van der Waals surface area contributed by atoms with E-state index in [-0.39, 0.29) is 6.07 Å². The Morgan fingerprint density at radius 3 is 2.00 bits per heavy atom. The van der Waals surface area contributed by atoms with E-state index in [1.165, 1.54) is 0 Å². The number of aliphatic imine (C=N–C) groups is 1. The summed E-state index contributed by atoms with van der Waals surface area (Å²) in [5.74, 6) is -0.451. The zero-order chi connectivity index (χ0) is 14.8. The molecule has 1 rings (SSSR count). The van der Waals surface area contributed by atoms with Crippen LogP contribution in [0.5, 0.6) is 0 Å². The molecule has 0 aliphatic heterocycles. The van der Waals surface area contributed by atoms with Gasteiger partial charge in [0.25, 0.3) is 0 Å². The Bertz CT molecular complexity index is 485. The van der Waals surface area contributed by atoms with E-state index in [2.05, 4.69) is 4.99 Å². The molecule has 1 aromatic rings. The lowest BCUT2D eigenvalue weighted by atomic mass is 10.0. The van der Waals surface area contributed by atoms with E-state index in [1.54, 1.807) is 0 Å². The highest BCUT2D eigenvalue weighted by molar-refractivity contribution is 5.75. The number of rotatable bonds is 2. The Labute approximate surface area is 103 Å². The van der Waals surface area contributed by atoms with Crippen molar-refractivity contribution in [3.05, 3.63) is 34.9 Å². The minimum absolute atomic E-state index is 0.0392. The molecule has 0 amide bonds. The van der Waals surface area contributed by atoms with Gasteiger partial charge in [-0.1, -0.05) is 6.07 Å². The van der Waals surface area contributed by atoms with Crippen LogP contribution in [0.3, 0.4) is 0 Å². The summed E-state index contributed by atoms with van der Waals surface area (Å²) in [6.45, 7) is -0.546. The van der Waals surface area contributed by atoms with E-state index in [4.69, 9.17) is 11.5 Å². The highest BCUT2D eigenvalue weighted by Gasteiger charge is 2.37. The number of guanidine groups is 1. The molecule has 0 aliphatic rings. The number of hydrogen-bond donors (Lipinski definition) is 2. The third-order valence-electron chi connectivity index (χ3n) is 2.17. The molecule has 0 saturated heterocycles. The predicted octanol–water partition coefficient (Wildman–Crippen LogP) is 2.50. The summed E-state index contributed by atoms with van der Waals surface area (Å²) in [6, 6.07) is 1.29. The lowest BCUT2D eigenvalue weighted by Gasteiger charge is -2.14. The second-order valence-corrected chi connectivity index (χ2v) is 3.61. The van der Waals surface area contributed by atoms with Crippen LogP contribution in [0.1, 0.15) is 16.7 Å². The molecule has 0 heterocycles. The standard InChI is InChI=1S/C10H9F6N3/c11-9(12,13)6-2-1-5(4-19-8(17)18)7(3-6)10(14,15)16/h1-3H,4H2,(H4,17,18,19). The van der Waals surface area contributed by atoms with Crippen LogP contribution in [0.15, 0.2) is 23.2 Å². The molecular formula is C10H9F6N3. The minimum Gasteiger partial charge on any atom is -0.370 e. The third-order valence-corrected chi connectivity index (χ3v) is 2.17. The van der Waals surface area contributed by atoms with Crippen molar-refractivity contribution in [2.24, 2.45) is 16.5 Å². The van der Waals surface area contributed by atoms with Gasteiger partial charge in [-0.3, -0.25) is 0 Å². The van der Waals surface area contributed by atoms with Crippen molar-refractivity contribution in [3.63, 3.8) is 0 Å². The molecular weight excluding hydrogens is 276 g/mol. The Morgan fingerprint density at radius 1 is 1.00 bits per heavy atom. The molecule has 1 aromatic carbocycles. The van der Waals surface area contributed by atoms with Gasteiger partial charge in [0.05, 0.1) is 17.7 Å². The topological polar surface area (TPSA) is 64.4 Å². The molecule has 0 bridgehead atoms. The average molecular weight is 285 g/mol. The maximum Gasteiger partial charge on any atom is 0.416 e. The van der Waals surface area contributed by atoms with Crippen molar-refractivity contribution in [2.45, 2.75) is 18.9 Å². The first kappa shape index (κ1) is 15.1. The van der Waals surface area contributed by atoms with Gasteiger partial charge in [0, 0.05) is 0 Å². The molecule has 19 heavy (non-hydrogen) atoms. The summed E-state index contributed by atoms with van der Waals surface area (Å²) in [7, 11) is 0. The quantitative estimate of drug-likeness (QED) is 0.498. The first-order chi connectivity index (χ1) is 8.51. The largest absolute Gasteiger partial charge is 0.416 e. The summed E-state index contributed by atoms with van der Waals surface area (Å²) >= 11 is 0. The van der Waals surface area contributed by atoms with Gasteiger partial charge in [0.2, 0.25) is 0 Å². The highest BCUT2D eigenvalue weighted by atomic mass is 19.4. The summed E-state index contributed by atoms with van der Waals surface area (Å²) < 4.78 is 75.1. The second kappa shape index (κ2) is 4.98. The van der Waals surface area contributed by atoms with Crippen LogP contribution in [0.4, 0.5) is 26.3 Å². The number of hydrogen-bond acceptors (Lipinski definition) is 1. The van der Waals surface area contributed by atoms with Gasteiger partial charge >= 0.3 is 12.4 Å². The van der Waals surface area contributed by atoms with E-state index >= 15 is 0 Å². The van der Waals surface area contributed by atoms with Gasteiger partial charge < -0.3 is 11.5 Å². The Balaban J connectivity index is 3.30. The first-order valence-electron chi connectivity index (χ1n) is 4.84. The fourth-order valence-corrected chi connectivity index (χ4v) is 1.33. The Hall–Kier alpha value is -1.93. The number of alkyl halides is 6. The van der Waals surface area contributed by atoms with Gasteiger partial charge in [0.1, 0.15) is 0 Å². The minimum atomic E-state index is -4.92. The highest BCUT2D eigenvalue weighted by Crippen LogP contribution is 2.37. The molecule has 3 nitrogen and oxygen atoms in total. The maximum absolute atomic E-state index is 12.7. The van der Waals surface area contributed by atoms with Gasteiger partial charge in [-0.15, -0.1) is 0 Å². The number of nitrogens with two attached hydrogens (primary N) is 2. The van der Waals surface area contributed by atoms with Crippen LogP contribution in [0.25, 0.3) is 0 Å². The fourth-order valence-electron chi connectivity index (χ4n) is 1.33. The number of benzene rings is 1. The Morgan fingerprint density at radius 2 is 1.58 bits per heavy atom. The van der Waals surface area contributed by atoms with Crippen molar-refractivity contribution in [2.75, 3.05) is 0 Å². The summed E-state index contributed by atoms with van der Waals surface area (Å²) in [6.07, 6.45) is -9.77. The molecule has 106 valence electrons. The van der Waals surface area contributed by atoms with Crippen LogP contribution in [0, 0.1) is 0 Å². The second-order valence-electron chi connectivity index (χ2n) is 3.61. The molecule has 0 unspecified atom stereocenters. The molecule has 0 aliphatic carbocycles. The molecule has 0 spiro atoms. The summed E-state index contributed by atoms with van der Waals surface area (Å²) in [5.41, 5.74) is 6.70. The maximum atomic E-state index is 12.7. The van der Waals surface area contributed by atoms with Crippen LogP contribution in [-0.2, 0) is 18.9 Å². The van der Waals surface area contributed by atoms with Gasteiger partial charge in [-0.05, 0) is 17.7 Å². The normalized spacial score (nSPS) is 12.3. The van der Waals surface area contributed by atoms with Crippen molar-refractivity contribution >= 4 is 5.96 Å². The van der Waals surface area contributed by atoms with E-state index in [0.29, 0.717) is 12.1 Å². The summed E-state index contributed by atoms with van der Waals surface area (Å²) in [5, 5.41) is 0. The lowest BCUT2D eigenvalue weighted by molar-refractivity contribution is -0.143. The average Bonchev–Trinajstić information content (AvgIpc) is 2.23. The Kier molecular flexibility index (Phi) is 3.97. The molecule has 0 radical (unpaired) electrons. The van der Waals surface area contributed by atoms with Crippen molar-refractivity contribution in [1.29, 1.82) is 0 Å². The van der Waals surface area contributed by atoms with Crippen molar-refractivity contribution in [1.82, 2.24) is 0 Å². The smallest absolute Gasteiger partial charge is 0.370 e. The first-order valence-corrected chi connectivity index (χ1v) is 4.84. The zero-order valence-electron chi connectivity index (χ0n) is 9.31. The van der Waals surface area contributed by atoms with Crippen molar-refractivity contribution in [3.8, 4) is 0 Å². The van der Waals surface area contributed by atoms with E-state index in [9.17, 15) is 26.3 Å². The monoisotopic (exact) mass is 285 g/mol. The molecule has 0 fully saturated rings. The van der Waals surface area contributed by atoms with E-state index in [0.717, 1.165) is 0 Å². The van der Waals surface area contributed by atoms with Crippen LogP contribution in [-0.4, -0.2) is 5.96 Å². The molecule has 0 atom stereocenters.